The molecule has 0 atom stereocenters. The van der Waals surface area contributed by atoms with Crippen molar-refractivity contribution in [2.75, 3.05) is 5.32 Å². The van der Waals surface area contributed by atoms with Crippen LogP contribution >= 0.6 is 11.6 Å². The fourth-order valence-electron chi connectivity index (χ4n) is 3.99. The number of nitrogens with one attached hydrogen (secondary N) is 2. The van der Waals surface area contributed by atoms with Gasteiger partial charge in [-0.3, -0.25) is 10.1 Å². The predicted octanol–water partition coefficient (Wildman–Crippen LogP) is 5.55. The third-order valence-electron chi connectivity index (χ3n) is 5.84. The lowest BCUT2D eigenvalue weighted by molar-refractivity contribution is 0.0976. The number of hydrogen-bond acceptors (Lipinski definition) is 4. The van der Waals surface area contributed by atoms with Crippen LogP contribution in [0, 0.1) is 23.4 Å². The molecule has 3 aromatic rings. The van der Waals surface area contributed by atoms with E-state index in [0.29, 0.717) is 5.92 Å². The van der Waals surface area contributed by atoms with Crippen molar-refractivity contribution in [3.8, 4) is 0 Å². The Hall–Kier alpha value is -3.46. The summed E-state index contributed by atoms with van der Waals surface area (Å²) in [7, 11) is 0. The number of aromatic nitrogens is 2. The molecule has 2 aromatic carbocycles. The molecule has 4 rings (SSSR count). The fraction of sp³-hybridized carbons (Fsp3) is 0.280. The average Bonchev–Trinajstić information content (AvgIpc) is 2.85. The highest BCUT2D eigenvalue weighted by Crippen LogP contribution is 2.29. The number of benzene rings is 2. The maximum Gasteiger partial charge on any atom is 0.258 e. The molecule has 1 fully saturated rings. The van der Waals surface area contributed by atoms with Gasteiger partial charge in [0.25, 0.3) is 5.91 Å². The van der Waals surface area contributed by atoms with Crippen molar-refractivity contribution in [3.63, 3.8) is 0 Å². The van der Waals surface area contributed by atoms with E-state index < -0.39 is 23.4 Å². The van der Waals surface area contributed by atoms with Gasteiger partial charge < -0.3 is 5.32 Å². The summed E-state index contributed by atoms with van der Waals surface area (Å²) < 4.78 is 41.4. The summed E-state index contributed by atoms with van der Waals surface area (Å²) in [4.78, 5) is 25.9. The maximum atomic E-state index is 14.5. The topological polar surface area (TPSA) is 79.3 Å². The number of guanidine groups is 1. The molecule has 1 heterocycles. The highest BCUT2D eigenvalue weighted by atomic mass is 35.5. The van der Waals surface area contributed by atoms with Crippen molar-refractivity contribution >= 4 is 29.2 Å². The quantitative estimate of drug-likeness (QED) is 0.355. The van der Waals surface area contributed by atoms with E-state index in [1.807, 2.05) is 0 Å². The molecule has 0 bridgehead atoms. The van der Waals surface area contributed by atoms with Gasteiger partial charge in [-0.15, -0.1) is 0 Å². The number of nitrogens with zero attached hydrogens (tertiary/aromatic N) is 3. The summed E-state index contributed by atoms with van der Waals surface area (Å²) in [5.41, 5.74) is -0.0757. The Morgan fingerprint density at radius 1 is 1.00 bits per heavy atom. The molecular weight excluding hydrogens is 479 g/mol. The van der Waals surface area contributed by atoms with Crippen molar-refractivity contribution in [2.24, 2.45) is 10.9 Å². The van der Waals surface area contributed by atoms with Crippen LogP contribution in [0.2, 0.25) is 5.02 Å². The molecule has 0 spiro atoms. The van der Waals surface area contributed by atoms with Gasteiger partial charge in [-0.1, -0.05) is 17.7 Å². The van der Waals surface area contributed by atoms with Crippen molar-refractivity contribution in [2.45, 2.75) is 38.1 Å². The summed E-state index contributed by atoms with van der Waals surface area (Å²) in [6.07, 6.45) is 7.51. The summed E-state index contributed by atoms with van der Waals surface area (Å²) in [5.74, 6) is -2.41. The number of carbonyl (C=O) groups excluding carboxylic acids is 1. The molecule has 35 heavy (non-hydrogen) atoms. The highest BCUT2D eigenvalue weighted by molar-refractivity contribution is 6.31. The van der Waals surface area contributed by atoms with Gasteiger partial charge in [0.2, 0.25) is 5.96 Å². The Balaban J connectivity index is 1.49. The van der Waals surface area contributed by atoms with Crippen molar-refractivity contribution in [1.82, 2.24) is 15.3 Å². The number of carbonyl (C=O) groups is 1. The number of amides is 1. The van der Waals surface area contributed by atoms with E-state index in [-0.39, 0.29) is 28.3 Å². The summed E-state index contributed by atoms with van der Waals surface area (Å²) in [6, 6.07) is 8.87. The largest absolute Gasteiger partial charge is 0.323 e. The number of aliphatic imine (C=N–C) groups is 1. The summed E-state index contributed by atoms with van der Waals surface area (Å²) in [6.45, 7) is 0. The Bertz CT molecular complexity index is 1220. The van der Waals surface area contributed by atoms with Gasteiger partial charge in [0.1, 0.15) is 5.82 Å². The standard InChI is InChI=1S/C25H23ClF3N5O/c26-18-3-1-4-21(23(18)29)33-25(34-24(35)16-7-10-19(27)20(28)14-16)32-17-8-5-15(6-9-17)13-22-30-11-2-12-31-22/h1-4,7,10-12,14-15,17H,5-6,8-9,13H2,(H2,32,33,34,35). The van der Waals surface area contributed by atoms with Crippen molar-refractivity contribution < 1.29 is 18.0 Å². The van der Waals surface area contributed by atoms with E-state index in [4.69, 9.17) is 11.6 Å². The van der Waals surface area contributed by atoms with Crippen LogP contribution in [0.4, 0.5) is 18.9 Å². The van der Waals surface area contributed by atoms with Crippen LogP contribution in [0.1, 0.15) is 41.9 Å². The molecule has 0 radical (unpaired) electrons. The number of anilines is 1. The highest BCUT2D eigenvalue weighted by Gasteiger charge is 2.23. The fourth-order valence-corrected chi connectivity index (χ4v) is 4.17. The molecule has 0 unspecified atom stereocenters. The Labute approximate surface area is 205 Å². The Morgan fingerprint density at radius 3 is 2.46 bits per heavy atom. The predicted molar refractivity (Wildman–Crippen MR) is 128 cm³/mol. The molecule has 1 aliphatic carbocycles. The maximum absolute atomic E-state index is 14.5. The normalized spacial score (nSPS) is 18.2. The molecule has 182 valence electrons. The zero-order chi connectivity index (χ0) is 24.8. The molecule has 1 saturated carbocycles. The smallest absolute Gasteiger partial charge is 0.258 e. The minimum atomic E-state index is -1.15. The van der Waals surface area contributed by atoms with Crippen LogP contribution in [-0.2, 0) is 6.42 Å². The summed E-state index contributed by atoms with van der Waals surface area (Å²) in [5, 5.41) is 5.25. The van der Waals surface area contributed by atoms with Gasteiger partial charge in [0.05, 0.1) is 16.8 Å². The Morgan fingerprint density at radius 2 is 1.74 bits per heavy atom. The average molecular weight is 502 g/mol. The second kappa shape index (κ2) is 11.3. The van der Waals surface area contributed by atoms with E-state index in [0.717, 1.165) is 56.1 Å². The SMILES string of the molecule is O=C(NC(=NC1CCC(Cc2ncccn2)CC1)Nc1cccc(Cl)c1F)c1ccc(F)c(F)c1. The van der Waals surface area contributed by atoms with Crippen molar-refractivity contribution in [1.29, 1.82) is 0 Å². The van der Waals surface area contributed by atoms with Gasteiger partial charge in [0, 0.05) is 24.4 Å². The first kappa shape index (κ1) is 24.7. The number of rotatable bonds is 5. The van der Waals surface area contributed by atoms with Crippen LogP contribution < -0.4 is 10.6 Å². The van der Waals surface area contributed by atoms with Gasteiger partial charge in [-0.2, -0.15) is 0 Å². The second-order valence-corrected chi connectivity index (χ2v) is 8.74. The van der Waals surface area contributed by atoms with E-state index in [1.54, 1.807) is 24.5 Å². The number of halogens is 4. The number of hydrogen-bond donors (Lipinski definition) is 2. The lowest BCUT2D eigenvalue weighted by Gasteiger charge is -2.26. The third kappa shape index (κ3) is 6.57. The molecule has 2 N–H and O–H groups in total. The molecule has 6 nitrogen and oxygen atoms in total. The van der Waals surface area contributed by atoms with E-state index in [1.165, 1.54) is 12.1 Å². The molecule has 1 aliphatic rings. The lowest BCUT2D eigenvalue weighted by Crippen LogP contribution is -2.38. The minimum absolute atomic E-state index is 0.00394. The molecule has 0 saturated heterocycles. The zero-order valence-corrected chi connectivity index (χ0v) is 19.4. The molecular formula is C25H23ClF3N5O. The van der Waals surface area contributed by atoms with Crippen LogP contribution in [-0.4, -0.2) is 27.9 Å². The van der Waals surface area contributed by atoms with Gasteiger partial charge in [0.15, 0.2) is 17.5 Å². The monoisotopic (exact) mass is 501 g/mol. The molecule has 0 aliphatic heterocycles. The Kier molecular flexibility index (Phi) is 7.97. The van der Waals surface area contributed by atoms with E-state index in [2.05, 4.69) is 25.6 Å². The van der Waals surface area contributed by atoms with Gasteiger partial charge in [-0.05, 0) is 68.0 Å². The van der Waals surface area contributed by atoms with Gasteiger partial charge in [-0.25, -0.2) is 28.1 Å². The summed E-state index contributed by atoms with van der Waals surface area (Å²) >= 11 is 5.88. The minimum Gasteiger partial charge on any atom is -0.323 e. The van der Waals surface area contributed by atoms with Gasteiger partial charge >= 0.3 is 0 Å². The van der Waals surface area contributed by atoms with Crippen LogP contribution in [0.25, 0.3) is 0 Å². The first-order valence-corrected chi connectivity index (χ1v) is 11.6. The van der Waals surface area contributed by atoms with Crippen molar-refractivity contribution in [3.05, 3.63) is 88.7 Å². The molecule has 1 amide bonds. The van der Waals surface area contributed by atoms with Crippen LogP contribution in [0.5, 0.6) is 0 Å². The van der Waals surface area contributed by atoms with E-state index in [9.17, 15) is 18.0 Å². The molecule has 10 heteroatoms. The third-order valence-corrected chi connectivity index (χ3v) is 6.13. The first-order valence-electron chi connectivity index (χ1n) is 11.2. The van der Waals surface area contributed by atoms with Crippen LogP contribution in [0.15, 0.2) is 59.9 Å². The zero-order valence-electron chi connectivity index (χ0n) is 18.6. The molecule has 1 aromatic heterocycles. The second-order valence-electron chi connectivity index (χ2n) is 8.33. The first-order chi connectivity index (χ1) is 16.9. The van der Waals surface area contributed by atoms with E-state index >= 15 is 0 Å². The van der Waals surface area contributed by atoms with Crippen LogP contribution in [0.3, 0.4) is 0 Å². The lowest BCUT2D eigenvalue weighted by atomic mass is 9.84.